The molecule has 1 aliphatic carbocycles. The molecule has 0 aromatic heterocycles. The highest BCUT2D eigenvalue weighted by Gasteiger charge is 2.32. The van der Waals surface area contributed by atoms with Gasteiger partial charge in [-0.25, -0.2) is 12.8 Å². The second-order valence-electron chi connectivity index (χ2n) is 4.87. The van der Waals surface area contributed by atoms with Crippen molar-refractivity contribution >= 4 is 25.6 Å². The Morgan fingerprint density at radius 2 is 2.05 bits per heavy atom. The first kappa shape index (κ1) is 15.3. The fraction of sp³-hybridized carbons (Fsp3) is 0.462. The van der Waals surface area contributed by atoms with Crippen LogP contribution < -0.4 is 0 Å². The van der Waals surface area contributed by atoms with Crippen molar-refractivity contribution < 1.29 is 17.6 Å². The van der Waals surface area contributed by atoms with E-state index in [1.54, 1.807) is 4.90 Å². The highest BCUT2D eigenvalue weighted by atomic mass is 35.7. The molecule has 1 saturated carbocycles. The standard InChI is InChI=1S/C13H15ClFNO3S/c1-3-16(10-4-5-10)13(17)9-6-8(2)12(15)11(7-9)20(14,18)19/h6-7,10H,3-5H2,1-2H3. The molecule has 1 aromatic carbocycles. The van der Waals surface area contributed by atoms with Gasteiger partial charge in [-0.3, -0.25) is 4.79 Å². The Labute approximate surface area is 121 Å². The molecule has 0 N–H and O–H groups in total. The number of carbonyl (C=O) groups is 1. The number of hydrogen-bond donors (Lipinski definition) is 0. The number of hydrogen-bond acceptors (Lipinski definition) is 3. The molecule has 110 valence electrons. The monoisotopic (exact) mass is 319 g/mol. The van der Waals surface area contributed by atoms with Crippen LogP contribution in [0.3, 0.4) is 0 Å². The molecule has 4 nitrogen and oxygen atoms in total. The van der Waals surface area contributed by atoms with Gasteiger partial charge in [0.2, 0.25) is 0 Å². The Morgan fingerprint density at radius 1 is 1.45 bits per heavy atom. The Balaban J connectivity index is 2.47. The average Bonchev–Trinajstić information content (AvgIpc) is 3.16. The summed E-state index contributed by atoms with van der Waals surface area (Å²) < 4.78 is 36.5. The summed E-state index contributed by atoms with van der Waals surface area (Å²) in [5.41, 5.74) is 0.235. The second kappa shape index (κ2) is 5.33. The lowest BCUT2D eigenvalue weighted by atomic mass is 10.1. The zero-order valence-corrected chi connectivity index (χ0v) is 12.8. The van der Waals surface area contributed by atoms with Crippen LogP contribution in [0.25, 0.3) is 0 Å². The van der Waals surface area contributed by atoms with Crippen LogP contribution in [0.5, 0.6) is 0 Å². The topological polar surface area (TPSA) is 54.5 Å². The van der Waals surface area contributed by atoms with E-state index in [-0.39, 0.29) is 23.1 Å². The predicted octanol–water partition coefficient (Wildman–Crippen LogP) is 2.69. The van der Waals surface area contributed by atoms with Gasteiger partial charge in [0.1, 0.15) is 10.7 Å². The number of rotatable bonds is 4. The van der Waals surface area contributed by atoms with E-state index < -0.39 is 19.8 Å². The Hall–Kier alpha value is -1.14. The molecule has 0 bridgehead atoms. The molecular formula is C13H15ClFNO3S. The second-order valence-corrected chi connectivity index (χ2v) is 7.40. The molecule has 2 rings (SSSR count). The Kier molecular flexibility index (Phi) is 4.07. The molecule has 1 amide bonds. The predicted molar refractivity (Wildman–Crippen MR) is 73.9 cm³/mol. The van der Waals surface area contributed by atoms with Crippen molar-refractivity contribution in [3.8, 4) is 0 Å². The number of halogens is 2. The molecule has 7 heteroatoms. The lowest BCUT2D eigenvalue weighted by molar-refractivity contribution is 0.0752. The van der Waals surface area contributed by atoms with E-state index in [1.807, 2.05) is 6.92 Å². The minimum atomic E-state index is -4.22. The summed E-state index contributed by atoms with van der Waals surface area (Å²) in [7, 11) is 0.986. The molecule has 0 aliphatic heterocycles. The minimum Gasteiger partial charge on any atom is -0.336 e. The first-order chi connectivity index (χ1) is 9.25. The van der Waals surface area contributed by atoms with Crippen LogP contribution in [-0.4, -0.2) is 31.8 Å². The van der Waals surface area contributed by atoms with Gasteiger partial charge in [-0.2, -0.15) is 0 Å². The van der Waals surface area contributed by atoms with Crippen molar-refractivity contribution in [1.29, 1.82) is 0 Å². The van der Waals surface area contributed by atoms with Gasteiger partial charge in [0.05, 0.1) is 0 Å². The van der Waals surface area contributed by atoms with Gasteiger partial charge in [0, 0.05) is 28.8 Å². The van der Waals surface area contributed by atoms with Crippen molar-refractivity contribution in [2.75, 3.05) is 6.54 Å². The molecule has 20 heavy (non-hydrogen) atoms. The van der Waals surface area contributed by atoms with Gasteiger partial charge in [-0.1, -0.05) is 0 Å². The van der Waals surface area contributed by atoms with Crippen molar-refractivity contribution in [2.45, 2.75) is 37.6 Å². The lowest BCUT2D eigenvalue weighted by Gasteiger charge is -2.21. The van der Waals surface area contributed by atoms with E-state index in [9.17, 15) is 17.6 Å². The fourth-order valence-electron chi connectivity index (χ4n) is 2.16. The number of carbonyl (C=O) groups excluding carboxylic acids is 1. The maximum Gasteiger partial charge on any atom is 0.264 e. The van der Waals surface area contributed by atoms with Crippen molar-refractivity contribution in [2.24, 2.45) is 0 Å². The van der Waals surface area contributed by atoms with E-state index in [2.05, 4.69) is 0 Å². The maximum absolute atomic E-state index is 13.8. The number of nitrogens with zero attached hydrogens (tertiary/aromatic N) is 1. The number of benzene rings is 1. The van der Waals surface area contributed by atoms with Gasteiger partial charge < -0.3 is 4.90 Å². The van der Waals surface area contributed by atoms with E-state index in [0.29, 0.717) is 6.54 Å². The molecule has 0 heterocycles. The summed E-state index contributed by atoms with van der Waals surface area (Å²) in [6, 6.07) is 2.57. The Morgan fingerprint density at radius 3 is 2.50 bits per heavy atom. The van der Waals surface area contributed by atoms with Crippen LogP contribution in [0.2, 0.25) is 0 Å². The van der Waals surface area contributed by atoms with Crippen molar-refractivity contribution in [3.05, 3.63) is 29.1 Å². The van der Waals surface area contributed by atoms with Crippen LogP contribution in [0.4, 0.5) is 4.39 Å². The van der Waals surface area contributed by atoms with Crippen LogP contribution in [0.15, 0.2) is 17.0 Å². The molecule has 1 aromatic rings. The fourth-order valence-corrected chi connectivity index (χ4v) is 3.14. The zero-order valence-electron chi connectivity index (χ0n) is 11.2. The van der Waals surface area contributed by atoms with Crippen LogP contribution in [0.1, 0.15) is 35.7 Å². The third-order valence-electron chi connectivity index (χ3n) is 3.32. The van der Waals surface area contributed by atoms with Gasteiger partial charge in [-0.15, -0.1) is 0 Å². The van der Waals surface area contributed by atoms with E-state index in [1.165, 1.54) is 13.0 Å². The quantitative estimate of drug-likeness (QED) is 0.802. The van der Waals surface area contributed by atoms with Crippen LogP contribution in [-0.2, 0) is 9.05 Å². The molecule has 0 unspecified atom stereocenters. The van der Waals surface area contributed by atoms with E-state index in [4.69, 9.17) is 10.7 Å². The molecule has 1 fully saturated rings. The van der Waals surface area contributed by atoms with Crippen molar-refractivity contribution in [1.82, 2.24) is 4.90 Å². The summed E-state index contributed by atoms with van der Waals surface area (Å²) in [5, 5.41) is 0. The summed E-state index contributed by atoms with van der Waals surface area (Å²) in [4.78, 5) is 13.4. The largest absolute Gasteiger partial charge is 0.336 e. The summed E-state index contributed by atoms with van der Waals surface area (Å²) in [5.74, 6) is -1.20. The molecule has 0 radical (unpaired) electrons. The van der Waals surface area contributed by atoms with E-state index >= 15 is 0 Å². The minimum absolute atomic E-state index is 0.0851. The molecule has 0 saturated heterocycles. The zero-order chi connectivity index (χ0) is 15.1. The molecule has 0 spiro atoms. The normalized spacial score (nSPS) is 15.2. The number of amides is 1. The van der Waals surface area contributed by atoms with Crippen LogP contribution >= 0.6 is 10.7 Å². The van der Waals surface area contributed by atoms with Crippen molar-refractivity contribution in [3.63, 3.8) is 0 Å². The SMILES string of the molecule is CCN(C(=O)c1cc(C)c(F)c(S(=O)(=O)Cl)c1)C1CC1. The Bertz CT molecular complexity index is 656. The lowest BCUT2D eigenvalue weighted by Crippen LogP contribution is -2.33. The smallest absolute Gasteiger partial charge is 0.264 e. The summed E-state index contributed by atoms with van der Waals surface area (Å²) in [6.45, 7) is 3.79. The van der Waals surface area contributed by atoms with Gasteiger partial charge >= 0.3 is 0 Å². The molecular weight excluding hydrogens is 305 g/mol. The average molecular weight is 320 g/mol. The van der Waals surface area contributed by atoms with Gasteiger partial charge in [0.15, 0.2) is 0 Å². The highest BCUT2D eigenvalue weighted by Crippen LogP contribution is 2.29. The van der Waals surface area contributed by atoms with Gasteiger partial charge in [-0.05, 0) is 44.4 Å². The van der Waals surface area contributed by atoms with Gasteiger partial charge in [0.25, 0.3) is 15.0 Å². The van der Waals surface area contributed by atoms with Crippen LogP contribution in [0, 0.1) is 12.7 Å². The maximum atomic E-state index is 13.8. The summed E-state index contributed by atoms with van der Waals surface area (Å²) >= 11 is 0. The molecule has 0 atom stereocenters. The molecule has 1 aliphatic rings. The first-order valence-corrected chi connectivity index (χ1v) is 8.62. The third kappa shape index (κ3) is 2.96. The highest BCUT2D eigenvalue weighted by molar-refractivity contribution is 8.13. The third-order valence-corrected chi connectivity index (χ3v) is 4.64. The first-order valence-electron chi connectivity index (χ1n) is 6.31. The van der Waals surface area contributed by atoms with E-state index in [0.717, 1.165) is 18.9 Å². The summed E-state index contributed by atoms with van der Waals surface area (Å²) in [6.07, 6.45) is 1.89. The number of aryl methyl sites for hydroxylation is 1.